The van der Waals surface area contributed by atoms with Crippen molar-refractivity contribution in [3.05, 3.63) is 0 Å². The number of likely N-dealkylation sites (tertiary alicyclic amines) is 1. The maximum Gasteiger partial charge on any atom is 0.0472 e. The molecular weight excluding hydrogens is 248 g/mol. The van der Waals surface area contributed by atoms with Gasteiger partial charge in [-0.1, -0.05) is 13.8 Å². The van der Waals surface area contributed by atoms with Gasteiger partial charge in [0.15, 0.2) is 0 Å². The molecule has 116 valence electrons. The average molecular weight is 280 g/mol. The van der Waals surface area contributed by atoms with Gasteiger partial charge in [0.2, 0.25) is 0 Å². The summed E-state index contributed by atoms with van der Waals surface area (Å²) < 4.78 is 5.63. The summed E-state index contributed by atoms with van der Waals surface area (Å²) in [6, 6.07) is 0.829. The molecule has 1 aliphatic carbocycles. The Labute approximate surface area is 124 Å². The van der Waals surface area contributed by atoms with Gasteiger partial charge in [-0.3, -0.25) is 0 Å². The van der Waals surface area contributed by atoms with Crippen LogP contribution in [0.1, 0.15) is 46.0 Å². The fourth-order valence-corrected chi connectivity index (χ4v) is 3.81. The van der Waals surface area contributed by atoms with Gasteiger partial charge in [0.1, 0.15) is 0 Å². The molecule has 2 saturated heterocycles. The fraction of sp³-hybridized carbons (Fsp3) is 1.00. The van der Waals surface area contributed by atoms with Gasteiger partial charge in [0.05, 0.1) is 0 Å². The highest BCUT2D eigenvalue weighted by atomic mass is 16.5. The Morgan fingerprint density at radius 3 is 2.50 bits per heavy atom. The Bertz CT molecular complexity index is 310. The van der Waals surface area contributed by atoms with Crippen LogP contribution in [-0.2, 0) is 4.74 Å². The van der Waals surface area contributed by atoms with E-state index in [4.69, 9.17) is 4.74 Å². The highest BCUT2D eigenvalue weighted by Gasteiger charge is 2.37. The van der Waals surface area contributed by atoms with Crippen LogP contribution < -0.4 is 5.32 Å². The van der Waals surface area contributed by atoms with E-state index in [0.29, 0.717) is 5.41 Å². The summed E-state index contributed by atoms with van der Waals surface area (Å²) in [7, 11) is 0. The monoisotopic (exact) mass is 280 g/mol. The third-order valence-electron chi connectivity index (χ3n) is 5.87. The van der Waals surface area contributed by atoms with E-state index in [9.17, 15) is 0 Å². The first-order valence-electron chi connectivity index (χ1n) is 8.70. The molecule has 20 heavy (non-hydrogen) atoms. The van der Waals surface area contributed by atoms with Crippen molar-refractivity contribution < 1.29 is 4.74 Å². The molecule has 2 atom stereocenters. The zero-order chi connectivity index (χ0) is 14.0. The predicted molar refractivity (Wildman–Crippen MR) is 82.9 cm³/mol. The van der Waals surface area contributed by atoms with Crippen LogP contribution in [0.4, 0.5) is 0 Å². The largest absolute Gasteiger partial charge is 0.381 e. The summed E-state index contributed by atoms with van der Waals surface area (Å²) in [5.41, 5.74) is 0.473. The van der Waals surface area contributed by atoms with Crippen molar-refractivity contribution in [1.82, 2.24) is 10.2 Å². The molecular formula is C17H32N2O. The Hall–Kier alpha value is -0.120. The number of hydrogen-bond acceptors (Lipinski definition) is 3. The van der Waals surface area contributed by atoms with Crippen LogP contribution in [0.5, 0.6) is 0 Å². The minimum absolute atomic E-state index is 0.473. The lowest BCUT2D eigenvalue weighted by atomic mass is 9.78. The first kappa shape index (κ1) is 14.8. The maximum absolute atomic E-state index is 5.63. The number of hydrogen-bond donors (Lipinski definition) is 1. The molecule has 2 heterocycles. The van der Waals surface area contributed by atoms with Gasteiger partial charge in [-0.25, -0.2) is 0 Å². The van der Waals surface area contributed by atoms with Gasteiger partial charge in [-0.2, -0.15) is 0 Å². The molecule has 3 aliphatic rings. The van der Waals surface area contributed by atoms with Crippen LogP contribution in [-0.4, -0.2) is 50.3 Å². The van der Waals surface area contributed by atoms with Crippen LogP contribution in [0, 0.1) is 17.3 Å². The Kier molecular flexibility index (Phi) is 4.68. The smallest absolute Gasteiger partial charge is 0.0472 e. The van der Waals surface area contributed by atoms with E-state index in [1.54, 1.807) is 0 Å². The predicted octanol–water partition coefficient (Wildman–Crippen LogP) is 2.51. The van der Waals surface area contributed by atoms with E-state index in [2.05, 4.69) is 24.1 Å². The number of nitrogens with zero attached hydrogens (tertiary/aromatic N) is 1. The molecule has 2 unspecified atom stereocenters. The molecule has 0 aromatic rings. The standard InChI is InChI=1S/C17H32N2O/c1-14-5-8-19(11-15(14)2)13-17(6-9-20-10-7-17)12-18-16-3-4-16/h14-16,18H,3-13H2,1-2H3. The summed E-state index contributed by atoms with van der Waals surface area (Å²) in [5, 5.41) is 3.79. The number of piperidine rings is 1. The summed E-state index contributed by atoms with van der Waals surface area (Å²) >= 11 is 0. The molecule has 3 nitrogen and oxygen atoms in total. The lowest BCUT2D eigenvalue weighted by Gasteiger charge is -2.44. The molecule has 3 rings (SSSR count). The zero-order valence-electron chi connectivity index (χ0n) is 13.4. The highest BCUT2D eigenvalue weighted by molar-refractivity contribution is 4.92. The second kappa shape index (κ2) is 6.33. The van der Waals surface area contributed by atoms with Crippen molar-refractivity contribution in [2.45, 2.75) is 52.0 Å². The van der Waals surface area contributed by atoms with Crippen molar-refractivity contribution in [3.8, 4) is 0 Å². The van der Waals surface area contributed by atoms with Crippen molar-refractivity contribution in [2.75, 3.05) is 39.4 Å². The van der Waals surface area contributed by atoms with Crippen molar-refractivity contribution in [1.29, 1.82) is 0 Å². The average Bonchev–Trinajstić information content (AvgIpc) is 3.26. The van der Waals surface area contributed by atoms with Crippen LogP contribution >= 0.6 is 0 Å². The zero-order valence-corrected chi connectivity index (χ0v) is 13.4. The minimum atomic E-state index is 0.473. The molecule has 0 amide bonds. The fourth-order valence-electron chi connectivity index (χ4n) is 3.81. The van der Waals surface area contributed by atoms with Gasteiger partial charge in [-0.05, 0) is 55.9 Å². The minimum Gasteiger partial charge on any atom is -0.381 e. The lowest BCUT2D eigenvalue weighted by Crippen LogP contribution is -2.50. The molecule has 2 aliphatic heterocycles. The van der Waals surface area contributed by atoms with Gasteiger partial charge >= 0.3 is 0 Å². The first-order chi connectivity index (χ1) is 9.67. The van der Waals surface area contributed by atoms with E-state index < -0.39 is 0 Å². The SMILES string of the molecule is CC1CCN(CC2(CNC3CC3)CCOCC2)CC1C. The van der Waals surface area contributed by atoms with E-state index >= 15 is 0 Å². The summed E-state index contributed by atoms with van der Waals surface area (Å²) in [5.74, 6) is 1.76. The lowest BCUT2D eigenvalue weighted by molar-refractivity contribution is -0.0143. The van der Waals surface area contributed by atoms with Crippen LogP contribution in [0.2, 0.25) is 0 Å². The van der Waals surface area contributed by atoms with Crippen molar-refractivity contribution in [3.63, 3.8) is 0 Å². The molecule has 0 radical (unpaired) electrons. The van der Waals surface area contributed by atoms with Crippen LogP contribution in [0.3, 0.4) is 0 Å². The van der Waals surface area contributed by atoms with E-state index in [0.717, 1.165) is 31.1 Å². The van der Waals surface area contributed by atoms with Crippen molar-refractivity contribution >= 4 is 0 Å². The normalized spacial score (nSPS) is 35.1. The summed E-state index contributed by atoms with van der Waals surface area (Å²) in [6.07, 6.45) is 6.65. The molecule has 0 spiro atoms. The Balaban J connectivity index is 1.56. The van der Waals surface area contributed by atoms with E-state index in [1.807, 2.05) is 0 Å². The van der Waals surface area contributed by atoms with Crippen molar-refractivity contribution in [2.24, 2.45) is 17.3 Å². The molecule has 0 aromatic carbocycles. The Morgan fingerprint density at radius 2 is 1.85 bits per heavy atom. The first-order valence-corrected chi connectivity index (χ1v) is 8.70. The topological polar surface area (TPSA) is 24.5 Å². The Morgan fingerprint density at radius 1 is 1.10 bits per heavy atom. The molecule has 0 aromatic heterocycles. The van der Waals surface area contributed by atoms with Gasteiger partial charge < -0.3 is 15.0 Å². The summed E-state index contributed by atoms with van der Waals surface area (Å²) in [4.78, 5) is 2.74. The second-order valence-corrected chi connectivity index (χ2v) is 7.75. The van der Waals surface area contributed by atoms with Crippen LogP contribution in [0.25, 0.3) is 0 Å². The number of ether oxygens (including phenoxy) is 1. The van der Waals surface area contributed by atoms with Gasteiger partial charge in [-0.15, -0.1) is 0 Å². The molecule has 3 heteroatoms. The molecule has 0 bridgehead atoms. The third-order valence-corrected chi connectivity index (χ3v) is 5.87. The maximum atomic E-state index is 5.63. The van der Waals surface area contributed by atoms with E-state index in [1.165, 1.54) is 58.3 Å². The number of nitrogens with one attached hydrogen (secondary N) is 1. The van der Waals surface area contributed by atoms with Gasteiger partial charge in [0.25, 0.3) is 0 Å². The van der Waals surface area contributed by atoms with Gasteiger partial charge in [0, 0.05) is 38.9 Å². The highest BCUT2D eigenvalue weighted by Crippen LogP contribution is 2.34. The molecule has 1 saturated carbocycles. The van der Waals surface area contributed by atoms with E-state index in [-0.39, 0.29) is 0 Å². The number of rotatable bonds is 5. The van der Waals surface area contributed by atoms with Crippen LogP contribution in [0.15, 0.2) is 0 Å². The third kappa shape index (κ3) is 3.75. The molecule has 3 fully saturated rings. The second-order valence-electron chi connectivity index (χ2n) is 7.75. The molecule has 1 N–H and O–H groups in total. The quantitative estimate of drug-likeness (QED) is 0.837. The summed E-state index contributed by atoms with van der Waals surface area (Å²) in [6.45, 7) is 11.9.